The van der Waals surface area contributed by atoms with Crippen molar-refractivity contribution in [1.29, 1.82) is 0 Å². The van der Waals surface area contributed by atoms with Gasteiger partial charge in [0.15, 0.2) is 11.5 Å². The highest BCUT2D eigenvalue weighted by Gasteiger charge is 2.30. The largest absolute Gasteiger partial charge is 0.440 e. The van der Waals surface area contributed by atoms with Gasteiger partial charge in [0, 0.05) is 38.6 Å². The highest BCUT2D eigenvalue weighted by Crippen LogP contribution is 2.40. The minimum Gasteiger partial charge on any atom is -0.440 e. The van der Waals surface area contributed by atoms with Crippen LogP contribution in [0.3, 0.4) is 0 Å². The van der Waals surface area contributed by atoms with E-state index < -0.39 is 0 Å². The molecule has 5 heteroatoms. The fourth-order valence-corrected chi connectivity index (χ4v) is 4.27. The average molecular weight is 355 g/mol. The molecule has 0 bridgehead atoms. The smallest absolute Gasteiger partial charge is 0.198 e. The molecule has 0 radical (unpaired) electrons. The number of hydrogen-bond donors (Lipinski definition) is 0. The molecule has 0 amide bonds. The number of nitrogens with zero attached hydrogens (tertiary/aromatic N) is 3. The Balaban J connectivity index is 1.17. The third kappa shape index (κ3) is 3.66. The van der Waals surface area contributed by atoms with Crippen LogP contribution in [0.1, 0.15) is 43.1 Å². The molecule has 2 saturated heterocycles. The molecular weight excluding hydrogens is 326 g/mol. The summed E-state index contributed by atoms with van der Waals surface area (Å²) in [5.41, 5.74) is 3.26. The number of rotatable bonds is 5. The number of benzene rings is 1. The van der Waals surface area contributed by atoms with Crippen LogP contribution in [-0.2, 0) is 11.2 Å². The fourth-order valence-electron chi connectivity index (χ4n) is 4.27. The van der Waals surface area contributed by atoms with Crippen molar-refractivity contribution in [2.75, 3.05) is 39.8 Å². The summed E-state index contributed by atoms with van der Waals surface area (Å²) in [7, 11) is 2.21. The van der Waals surface area contributed by atoms with Crippen LogP contribution in [0, 0.1) is 0 Å². The van der Waals surface area contributed by atoms with Crippen molar-refractivity contribution in [2.24, 2.45) is 0 Å². The maximum atomic E-state index is 6.36. The molecule has 26 heavy (non-hydrogen) atoms. The lowest BCUT2D eigenvalue weighted by Gasteiger charge is -2.33. The lowest BCUT2D eigenvalue weighted by molar-refractivity contribution is 0.0146. The number of oxazole rings is 1. The van der Waals surface area contributed by atoms with E-state index in [1.54, 1.807) is 0 Å². The van der Waals surface area contributed by atoms with Gasteiger partial charge in [0.1, 0.15) is 5.52 Å². The first-order valence-corrected chi connectivity index (χ1v) is 10.2. The maximum Gasteiger partial charge on any atom is 0.198 e. The third-order valence-corrected chi connectivity index (χ3v) is 6.11. The van der Waals surface area contributed by atoms with Gasteiger partial charge in [-0.2, -0.15) is 0 Å². The monoisotopic (exact) mass is 355 g/mol. The molecule has 1 aromatic carbocycles. The molecule has 2 atom stereocenters. The highest BCUT2D eigenvalue weighted by atomic mass is 16.5. The summed E-state index contributed by atoms with van der Waals surface area (Å²) >= 11 is 0. The van der Waals surface area contributed by atoms with Gasteiger partial charge in [0.2, 0.25) is 0 Å². The quantitative estimate of drug-likeness (QED) is 0.825. The van der Waals surface area contributed by atoms with Crippen molar-refractivity contribution in [3.63, 3.8) is 0 Å². The molecule has 0 N–H and O–H groups in total. The van der Waals surface area contributed by atoms with E-state index in [-0.39, 0.29) is 0 Å². The van der Waals surface area contributed by atoms with Gasteiger partial charge in [-0.3, -0.25) is 4.90 Å². The van der Waals surface area contributed by atoms with Gasteiger partial charge in [-0.25, -0.2) is 4.98 Å². The van der Waals surface area contributed by atoms with Crippen LogP contribution in [0.2, 0.25) is 0 Å². The predicted molar refractivity (Wildman–Crippen MR) is 102 cm³/mol. The lowest BCUT2D eigenvalue weighted by atomic mass is 10.0. The van der Waals surface area contributed by atoms with E-state index in [2.05, 4.69) is 35.0 Å². The predicted octanol–water partition coefficient (Wildman–Crippen LogP) is 3.04. The lowest BCUT2D eigenvalue weighted by Crippen LogP contribution is -2.47. The number of fused-ring (bicyclic) bond motifs is 1. The van der Waals surface area contributed by atoms with Gasteiger partial charge in [-0.05, 0) is 56.8 Å². The number of aromatic nitrogens is 1. The first kappa shape index (κ1) is 16.7. The van der Waals surface area contributed by atoms with Crippen molar-refractivity contribution >= 4 is 11.1 Å². The molecule has 3 fully saturated rings. The van der Waals surface area contributed by atoms with E-state index in [0.717, 1.165) is 30.0 Å². The molecule has 2 aromatic rings. The number of ether oxygens (including phenoxy) is 1. The summed E-state index contributed by atoms with van der Waals surface area (Å²) in [5, 5.41) is 0. The summed E-state index contributed by atoms with van der Waals surface area (Å²) in [6.07, 6.45) is 6.55. The molecule has 1 saturated carbocycles. The molecule has 1 aromatic heterocycles. The Kier molecular flexibility index (Phi) is 4.47. The number of piperazine rings is 1. The zero-order chi connectivity index (χ0) is 17.5. The van der Waals surface area contributed by atoms with Crippen LogP contribution in [0.15, 0.2) is 22.6 Å². The normalized spacial score (nSPS) is 28.2. The van der Waals surface area contributed by atoms with E-state index in [1.807, 2.05) is 0 Å². The Morgan fingerprint density at radius 2 is 1.85 bits per heavy atom. The first-order chi connectivity index (χ1) is 12.7. The van der Waals surface area contributed by atoms with Gasteiger partial charge in [-0.1, -0.05) is 6.07 Å². The van der Waals surface area contributed by atoms with Gasteiger partial charge < -0.3 is 14.1 Å². The molecule has 5 nitrogen and oxygen atoms in total. The van der Waals surface area contributed by atoms with Crippen LogP contribution in [0.25, 0.3) is 11.1 Å². The first-order valence-electron chi connectivity index (χ1n) is 10.2. The summed E-state index contributed by atoms with van der Waals surface area (Å²) in [6, 6.07) is 6.46. The SMILES string of the molecule is CN1CCN(C[C@@H]2CC[C@H](Cc3ccc4oc(C5CC5)nc4c3)O2)CC1. The van der Waals surface area contributed by atoms with Crippen molar-refractivity contribution < 1.29 is 9.15 Å². The topological polar surface area (TPSA) is 41.7 Å². The van der Waals surface area contributed by atoms with Gasteiger partial charge >= 0.3 is 0 Å². The van der Waals surface area contributed by atoms with Crippen LogP contribution < -0.4 is 0 Å². The second-order valence-electron chi connectivity index (χ2n) is 8.39. The van der Waals surface area contributed by atoms with Gasteiger partial charge in [0.25, 0.3) is 0 Å². The second-order valence-corrected chi connectivity index (χ2v) is 8.39. The Labute approximate surface area is 155 Å². The highest BCUT2D eigenvalue weighted by molar-refractivity contribution is 5.73. The van der Waals surface area contributed by atoms with E-state index in [0.29, 0.717) is 18.1 Å². The summed E-state index contributed by atoms with van der Waals surface area (Å²) in [6.45, 7) is 5.80. The van der Waals surface area contributed by atoms with Crippen LogP contribution >= 0.6 is 0 Å². The maximum absolute atomic E-state index is 6.36. The van der Waals surface area contributed by atoms with Crippen LogP contribution in [0.4, 0.5) is 0 Å². The van der Waals surface area contributed by atoms with Crippen LogP contribution in [-0.4, -0.2) is 66.8 Å². The molecule has 3 heterocycles. The Hall–Kier alpha value is -1.43. The van der Waals surface area contributed by atoms with E-state index >= 15 is 0 Å². The Bertz CT molecular complexity index is 762. The minimum absolute atomic E-state index is 0.347. The van der Waals surface area contributed by atoms with Gasteiger partial charge in [-0.15, -0.1) is 0 Å². The Morgan fingerprint density at radius 3 is 2.65 bits per heavy atom. The van der Waals surface area contributed by atoms with Crippen molar-refractivity contribution in [3.05, 3.63) is 29.7 Å². The fraction of sp³-hybridized carbons (Fsp3) is 0.667. The summed E-state index contributed by atoms with van der Waals surface area (Å²) in [5.74, 6) is 1.50. The molecule has 140 valence electrons. The average Bonchev–Trinajstić information content (AvgIpc) is 3.27. The standard InChI is InChI=1S/C21H29N3O2/c1-23-8-10-24(11-9-23)14-18-6-5-17(25-18)12-15-2-7-20-19(13-15)22-21(26-20)16-3-4-16/h2,7,13,16-18H,3-6,8-12,14H2,1H3/t17-,18+/m1/s1. The number of hydrogen-bond acceptors (Lipinski definition) is 5. The molecule has 3 aliphatic rings. The van der Waals surface area contributed by atoms with E-state index in [9.17, 15) is 0 Å². The van der Waals surface area contributed by atoms with E-state index in [4.69, 9.17) is 14.1 Å². The van der Waals surface area contributed by atoms with Crippen molar-refractivity contribution in [1.82, 2.24) is 14.8 Å². The molecule has 1 aliphatic carbocycles. The molecule has 0 spiro atoms. The zero-order valence-electron chi connectivity index (χ0n) is 15.7. The van der Waals surface area contributed by atoms with Gasteiger partial charge in [0.05, 0.1) is 12.2 Å². The van der Waals surface area contributed by atoms with Crippen molar-refractivity contribution in [3.8, 4) is 0 Å². The molecular formula is C21H29N3O2. The van der Waals surface area contributed by atoms with Crippen LogP contribution in [0.5, 0.6) is 0 Å². The van der Waals surface area contributed by atoms with Crippen molar-refractivity contribution in [2.45, 2.75) is 50.2 Å². The van der Waals surface area contributed by atoms with E-state index in [1.165, 1.54) is 57.4 Å². The molecule has 2 aliphatic heterocycles. The second kappa shape index (κ2) is 6.95. The molecule has 0 unspecified atom stereocenters. The number of likely N-dealkylation sites (N-methyl/N-ethyl adjacent to an activating group) is 1. The third-order valence-electron chi connectivity index (χ3n) is 6.11. The zero-order valence-corrected chi connectivity index (χ0v) is 15.7. The molecule has 5 rings (SSSR count). The minimum atomic E-state index is 0.347. The summed E-state index contributed by atoms with van der Waals surface area (Å²) in [4.78, 5) is 9.66. The Morgan fingerprint density at radius 1 is 1.04 bits per heavy atom. The summed E-state index contributed by atoms with van der Waals surface area (Å²) < 4.78 is 12.2.